The van der Waals surface area contributed by atoms with Crippen LogP contribution in [0.15, 0.2) is 72.8 Å². The summed E-state index contributed by atoms with van der Waals surface area (Å²) in [7, 11) is 0. The van der Waals surface area contributed by atoms with Crippen LogP contribution < -0.4 is 5.32 Å². The fourth-order valence-electron chi connectivity index (χ4n) is 4.65. The van der Waals surface area contributed by atoms with E-state index in [0.717, 1.165) is 37.1 Å². The molecule has 1 saturated heterocycles. The number of carbonyl (C=O) groups is 1. The van der Waals surface area contributed by atoms with Crippen LogP contribution >= 0.6 is 23.2 Å². The molecular formula is C29H32Cl2N2O2. The third-order valence-electron chi connectivity index (χ3n) is 6.67. The van der Waals surface area contributed by atoms with Gasteiger partial charge in [0, 0.05) is 19.6 Å². The molecule has 0 saturated carbocycles. The number of piperidine rings is 1. The van der Waals surface area contributed by atoms with Gasteiger partial charge in [-0.15, -0.1) is 0 Å². The number of nitrogens with one attached hydrogen (secondary N) is 1. The molecule has 0 aliphatic carbocycles. The second kappa shape index (κ2) is 12.5. The SMILES string of the molecule is Cc1ccccc1C1CCN(C(=O)C(COCc2ccc(Cl)c(Cl)c2)NCc2ccccc2)CC1. The lowest BCUT2D eigenvalue weighted by atomic mass is 9.87. The molecule has 1 aliphatic rings. The number of halogens is 2. The predicted octanol–water partition coefficient (Wildman–Crippen LogP) is 6.38. The molecule has 1 fully saturated rings. The lowest BCUT2D eigenvalue weighted by Crippen LogP contribution is -2.50. The number of amides is 1. The van der Waals surface area contributed by atoms with Gasteiger partial charge in [0.15, 0.2) is 0 Å². The first-order valence-electron chi connectivity index (χ1n) is 12.1. The van der Waals surface area contributed by atoms with Crippen molar-refractivity contribution >= 4 is 29.1 Å². The molecule has 3 aromatic carbocycles. The monoisotopic (exact) mass is 510 g/mol. The zero-order valence-corrected chi connectivity index (χ0v) is 21.6. The topological polar surface area (TPSA) is 41.6 Å². The van der Waals surface area contributed by atoms with Crippen LogP contribution in [-0.2, 0) is 22.7 Å². The first-order chi connectivity index (χ1) is 17.0. The van der Waals surface area contributed by atoms with Crippen molar-refractivity contribution in [1.82, 2.24) is 10.2 Å². The minimum atomic E-state index is -0.423. The second-order valence-corrected chi connectivity index (χ2v) is 9.95. The van der Waals surface area contributed by atoms with Crippen molar-refractivity contribution in [3.63, 3.8) is 0 Å². The highest BCUT2D eigenvalue weighted by atomic mass is 35.5. The molecule has 184 valence electrons. The van der Waals surface area contributed by atoms with Crippen molar-refractivity contribution in [3.8, 4) is 0 Å². The Morgan fingerprint density at radius 2 is 1.69 bits per heavy atom. The summed E-state index contributed by atoms with van der Waals surface area (Å²) in [5.74, 6) is 0.597. The van der Waals surface area contributed by atoms with Gasteiger partial charge in [0.05, 0.1) is 23.3 Å². The molecule has 1 N–H and O–H groups in total. The van der Waals surface area contributed by atoms with Crippen LogP contribution in [0.4, 0.5) is 0 Å². The van der Waals surface area contributed by atoms with Gasteiger partial charge >= 0.3 is 0 Å². The third-order valence-corrected chi connectivity index (χ3v) is 7.40. The predicted molar refractivity (Wildman–Crippen MR) is 143 cm³/mol. The molecule has 1 aliphatic heterocycles. The zero-order valence-electron chi connectivity index (χ0n) is 20.1. The average Bonchev–Trinajstić information content (AvgIpc) is 2.89. The van der Waals surface area contributed by atoms with E-state index in [0.29, 0.717) is 29.1 Å². The van der Waals surface area contributed by atoms with Gasteiger partial charge in [-0.3, -0.25) is 10.1 Å². The Balaban J connectivity index is 1.37. The molecule has 1 heterocycles. The maximum atomic E-state index is 13.5. The highest BCUT2D eigenvalue weighted by Gasteiger charge is 2.29. The van der Waals surface area contributed by atoms with Gasteiger partial charge in [-0.05, 0) is 60.1 Å². The first-order valence-corrected chi connectivity index (χ1v) is 12.9. The van der Waals surface area contributed by atoms with Crippen LogP contribution in [0.3, 0.4) is 0 Å². The smallest absolute Gasteiger partial charge is 0.242 e. The Kier molecular flexibility index (Phi) is 9.22. The van der Waals surface area contributed by atoms with Crippen LogP contribution in [0, 0.1) is 6.92 Å². The number of carbonyl (C=O) groups excluding carboxylic acids is 1. The van der Waals surface area contributed by atoms with Gasteiger partial charge in [0.2, 0.25) is 5.91 Å². The van der Waals surface area contributed by atoms with Gasteiger partial charge in [0.1, 0.15) is 6.04 Å². The van der Waals surface area contributed by atoms with E-state index in [1.165, 1.54) is 11.1 Å². The van der Waals surface area contributed by atoms with E-state index in [1.54, 1.807) is 12.1 Å². The van der Waals surface area contributed by atoms with Gasteiger partial charge in [-0.1, -0.05) is 83.9 Å². The summed E-state index contributed by atoms with van der Waals surface area (Å²) in [4.78, 5) is 15.5. The van der Waals surface area contributed by atoms with E-state index in [2.05, 4.69) is 48.6 Å². The number of nitrogens with zero attached hydrogens (tertiary/aromatic N) is 1. The molecule has 4 nitrogen and oxygen atoms in total. The van der Waals surface area contributed by atoms with Crippen molar-refractivity contribution in [2.45, 2.75) is 44.9 Å². The summed E-state index contributed by atoms with van der Waals surface area (Å²) in [5.41, 5.74) is 4.79. The Hall–Kier alpha value is -2.37. The van der Waals surface area contributed by atoms with Gasteiger partial charge in [-0.2, -0.15) is 0 Å². The van der Waals surface area contributed by atoms with E-state index < -0.39 is 6.04 Å². The number of aryl methyl sites for hydroxylation is 1. The minimum Gasteiger partial charge on any atom is -0.375 e. The molecule has 6 heteroatoms. The number of benzene rings is 3. The molecule has 0 bridgehead atoms. The number of likely N-dealkylation sites (tertiary alicyclic amines) is 1. The van der Waals surface area contributed by atoms with Gasteiger partial charge < -0.3 is 9.64 Å². The van der Waals surface area contributed by atoms with E-state index in [9.17, 15) is 4.79 Å². The van der Waals surface area contributed by atoms with Crippen LogP contribution in [0.2, 0.25) is 10.0 Å². The maximum Gasteiger partial charge on any atom is 0.242 e. The average molecular weight is 511 g/mol. The van der Waals surface area contributed by atoms with E-state index in [4.69, 9.17) is 27.9 Å². The van der Waals surface area contributed by atoms with Crippen molar-refractivity contribution in [1.29, 1.82) is 0 Å². The van der Waals surface area contributed by atoms with Crippen molar-refractivity contribution < 1.29 is 9.53 Å². The van der Waals surface area contributed by atoms with Crippen molar-refractivity contribution in [3.05, 3.63) is 105 Å². The summed E-state index contributed by atoms with van der Waals surface area (Å²) < 4.78 is 5.97. The minimum absolute atomic E-state index is 0.0957. The van der Waals surface area contributed by atoms with Crippen LogP contribution in [-0.4, -0.2) is 36.5 Å². The molecule has 1 atom stereocenters. The van der Waals surface area contributed by atoms with Crippen molar-refractivity contribution in [2.24, 2.45) is 0 Å². The summed E-state index contributed by atoms with van der Waals surface area (Å²) >= 11 is 12.1. The summed E-state index contributed by atoms with van der Waals surface area (Å²) in [6.45, 7) is 4.93. The lowest BCUT2D eigenvalue weighted by molar-refractivity contribution is -0.136. The molecule has 35 heavy (non-hydrogen) atoms. The van der Waals surface area contributed by atoms with E-state index in [1.807, 2.05) is 29.2 Å². The van der Waals surface area contributed by atoms with Crippen LogP contribution in [0.25, 0.3) is 0 Å². The van der Waals surface area contributed by atoms with Crippen molar-refractivity contribution in [2.75, 3.05) is 19.7 Å². The quantitative estimate of drug-likeness (QED) is 0.362. The highest BCUT2D eigenvalue weighted by Crippen LogP contribution is 2.30. The first kappa shape index (κ1) is 25.7. The molecule has 3 aromatic rings. The molecular weight excluding hydrogens is 479 g/mol. The van der Waals surface area contributed by atoms with E-state index >= 15 is 0 Å². The second-order valence-electron chi connectivity index (χ2n) is 9.14. The fraction of sp³-hybridized carbons (Fsp3) is 0.345. The summed E-state index contributed by atoms with van der Waals surface area (Å²) in [6, 6.07) is 23.7. The number of rotatable bonds is 9. The van der Waals surface area contributed by atoms with E-state index in [-0.39, 0.29) is 12.5 Å². The number of hydrogen-bond donors (Lipinski definition) is 1. The molecule has 1 unspecified atom stereocenters. The molecule has 0 radical (unpaired) electrons. The molecule has 4 rings (SSSR count). The zero-order chi connectivity index (χ0) is 24.6. The molecule has 0 spiro atoms. The van der Waals surface area contributed by atoms with Gasteiger partial charge in [0.25, 0.3) is 0 Å². The molecule has 0 aromatic heterocycles. The normalized spacial score (nSPS) is 15.2. The standard InChI is InChI=1S/C29H32Cl2N2O2/c1-21-7-5-6-10-25(21)24-13-15-33(16-14-24)29(34)28(32-18-22-8-3-2-4-9-22)20-35-19-23-11-12-26(30)27(31)17-23/h2-12,17,24,28,32H,13-16,18-20H2,1H3. The Bertz CT molecular complexity index is 1110. The Morgan fingerprint density at radius 1 is 0.971 bits per heavy atom. The summed E-state index contributed by atoms with van der Waals surface area (Å²) in [6.07, 6.45) is 1.96. The number of ether oxygens (including phenoxy) is 1. The van der Waals surface area contributed by atoms with Crippen LogP contribution in [0.5, 0.6) is 0 Å². The van der Waals surface area contributed by atoms with Crippen LogP contribution in [0.1, 0.15) is 41.0 Å². The Morgan fingerprint density at radius 3 is 2.40 bits per heavy atom. The Labute approximate surface area is 218 Å². The summed E-state index contributed by atoms with van der Waals surface area (Å²) in [5, 5.41) is 4.44. The number of hydrogen-bond acceptors (Lipinski definition) is 3. The third kappa shape index (κ3) is 7.08. The lowest BCUT2D eigenvalue weighted by Gasteiger charge is -2.35. The fourth-order valence-corrected chi connectivity index (χ4v) is 4.98. The highest BCUT2D eigenvalue weighted by molar-refractivity contribution is 6.42. The largest absolute Gasteiger partial charge is 0.375 e. The maximum absolute atomic E-state index is 13.5. The molecule has 1 amide bonds. The van der Waals surface area contributed by atoms with Gasteiger partial charge in [-0.25, -0.2) is 0 Å².